The third-order valence-corrected chi connectivity index (χ3v) is 7.84. The number of hydrogen-bond donors (Lipinski definition) is 2. The van der Waals surface area contributed by atoms with Gasteiger partial charge in [0.25, 0.3) is 5.91 Å². The van der Waals surface area contributed by atoms with Crippen LogP contribution in [0.3, 0.4) is 0 Å². The summed E-state index contributed by atoms with van der Waals surface area (Å²) in [4.78, 5) is 29.3. The van der Waals surface area contributed by atoms with Gasteiger partial charge in [0, 0.05) is 49.1 Å². The maximum absolute atomic E-state index is 12.7. The molecule has 2 N–H and O–H groups in total. The van der Waals surface area contributed by atoms with Crippen LogP contribution in [-0.2, 0) is 16.4 Å². The third kappa shape index (κ3) is 5.66. The Balaban J connectivity index is 1.34. The van der Waals surface area contributed by atoms with Crippen LogP contribution in [0.15, 0.2) is 65.7 Å². The van der Waals surface area contributed by atoms with Crippen molar-refractivity contribution in [2.45, 2.75) is 31.3 Å². The molecular weight excluding hydrogens is 500 g/mol. The summed E-state index contributed by atoms with van der Waals surface area (Å²) in [7, 11) is -3.43. The molecule has 4 aromatic rings. The molecule has 0 radical (unpaired) electrons. The molecule has 0 unspecified atom stereocenters. The monoisotopic (exact) mass is 530 g/mol. The largest absolute Gasteiger partial charge is 0.354 e. The fraction of sp³-hybridized carbons (Fsp3) is 0.286. The maximum atomic E-state index is 12.7. The number of nitrogens with zero attached hydrogens (tertiary/aromatic N) is 4. The molecule has 1 aromatic carbocycles. The molecule has 3 aromatic heterocycles. The number of aryl methyl sites for hydroxylation is 1. The number of hydrogen-bond acceptors (Lipinski definition) is 8. The molecule has 0 spiro atoms. The van der Waals surface area contributed by atoms with Crippen molar-refractivity contribution in [3.8, 4) is 11.4 Å². The van der Waals surface area contributed by atoms with Crippen molar-refractivity contribution in [1.29, 1.82) is 0 Å². The van der Waals surface area contributed by atoms with Gasteiger partial charge in [-0.1, -0.05) is 12.1 Å². The summed E-state index contributed by atoms with van der Waals surface area (Å²) >= 11 is 0. The average Bonchev–Trinajstić information content (AvgIpc) is 2.91. The highest BCUT2D eigenvalue weighted by Gasteiger charge is 2.18. The van der Waals surface area contributed by atoms with E-state index in [2.05, 4.69) is 27.4 Å². The van der Waals surface area contributed by atoms with Crippen molar-refractivity contribution in [1.82, 2.24) is 25.6 Å². The highest BCUT2D eigenvalue weighted by atomic mass is 32.2. The topological polar surface area (TPSA) is 117 Å². The first-order valence-electron chi connectivity index (χ1n) is 12.5. The number of nitrogens with one attached hydrogen (secondary N) is 2. The first kappa shape index (κ1) is 25.7. The van der Waals surface area contributed by atoms with E-state index in [1.807, 2.05) is 36.4 Å². The van der Waals surface area contributed by atoms with Gasteiger partial charge in [-0.25, -0.2) is 18.4 Å². The van der Waals surface area contributed by atoms with Gasteiger partial charge < -0.3 is 15.5 Å². The van der Waals surface area contributed by atoms with E-state index in [0.717, 1.165) is 54.0 Å². The third-order valence-electron chi connectivity index (χ3n) is 6.60. The Morgan fingerprint density at radius 2 is 1.92 bits per heavy atom. The second kappa shape index (κ2) is 10.5. The standard InChI is InChI=1S/C28H30N6O3S/c1-18-7-8-20(13-26(18)38(3,36)37)28(35)31-16-22-14-25-21(15-30-22)9-10-24(32-25)23-5-4-6-27(33-23)34-12-11-29-19(2)17-34/h4-10,13-15,19,29H,11-12,16-17H2,1-3H3,(H,31,35)/t19-/m1/s1. The molecule has 9 nitrogen and oxygen atoms in total. The van der Waals surface area contributed by atoms with Crippen molar-refractivity contribution >= 4 is 32.5 Å². The van der Waals surface area contributed by atoms with Crippen LogP contribution >= 0.6 is 0 Å². The molecule has 10 heteroatoms. The lowest BCUT2D eigenvalue weighted by atomic mass is 10.1. The zero-order valence-electron chi connectivity index (χ0n) is 21.6. The van der Waals surface area contributed by atoms with Crippen LogP contribution < -0.4 is 15.5 Å². The molecule has 1 saturated heterocycles. The first-order valence-corrected chi connectivity index (χ1v) is 14.4. The summed E-state index contributed by atoms with van der Waals surface area (Å²) in [5.41, 5.74) is 3.83. The Labute approximate surface area is 222 Å². The van der Waals surface area contributed by atoms with Gasteiger partial charge in [0.1, 0.15) is 5.82 Å². The SMILES string of the molecule is Cc1ccc(C(=O)NCc2cc3nc(-c4cccc(N5CCN[C@H](C)C5)n4)ccc3cn2)cc1S(C)(=O)=O. The number of rotatable bonds is 6. The van der Waals surface area contributed by atoms with Gasteiger partial charge in [-0.05, 0) is 61.9 Å². The number of benzene rings is 1. The van der Waals surface area contributed by atoms with Gasteiger partial charge in [-0.2, -0.15) is 0 Å². The Morgan fingerprint density at radius 3 is 2.71 bits per heavy atom. The van der Waals surface area contributed by atoms with Gasteiger partial charge in [0.2, 0.25) is 0 Å². The Bertz CT molecular complexity index is 1620. The minimum Gasteiger partial charge on any atom is -0.354 e. The lowest BCUT2D eigenvalue weighted by Gasteiger charge is -2.32. The average molecular weight is 531 g/mol. The molecule has 1 atom stereocenters. The van der Waals surface area contributed by atoms with Crippen molar-refractivity contribution in [3.63, 3.8) is 0 Å². The van der Waals surface area contributed by atoms with Gasteiger partial charge >= 0.3 is 0 Å². The molecular formula is C28H30N6O3S. The van der Waals surface area contributed by atoms with E-state index in [1.165, 1.54) is 6.07 Å². The highest BCUT2D eigenvalue weighted by Crippen LogP contribution is 2.23. The van der Waals surface area contributed by atoms with Crippen molar-refractivity contribution in [3.05, 3.63) is 77.6 Å². The number of piperazine rings is 1. The van der Waals surface area contributed by atoms with Crippen LogP contribution in [0.5, 0.6) is 0 Å². The van der Waals surface area contributed by atoms with Crippen LogP contribution in [0.25, 0.3) is 22.3 Å². The predicted molar refractivity (Wildman–Crippen MR) is 148 cm³/mol. The number of amides is 1. The smallest absolute Gasteiger partial charge is 0.251 e. The number of carbonyl (C=O) groups is 1. The molecule has 4 heterocycles. The molecule has 196 valence electrons. The van der Waals surface area contributed by atoms with E-state index in [4.69, 9.17) is 9.97 Å². The van der Waals surface area contributed by atoms with Crippen LogP contribution in [-0.4, -0.2) is 61.2 Å². The summed E-state index contributed by atoms with van der Waals surface area (Å²) in [6.45, 7) is 6.79. The first-order chi connectivity index (χ1) is 18.2. The zero-order chi connectivity index (χ0) is 26.9. The number of anilines is 1. The quantitative estimate of drug-likeness (QED) is 0.391. The number of pyridine rings is 3. The fourth-order valence-corrected chi connectivity index (χ4v) is 5.59. The normalized spacial score (nSPS) is 16.0. The number of fused-ring (bicyclic) bond motifs is 1. The van der Waals surface area contributed by atoms with E-state index < -0.39 is 9.84 Å². The Hall–Kier alpha value is -3.89. The van der Waals surface area contributed by atoms with Gasteiger partial charge in [0.15, 0.2) is 9.84 Å². The summed E-state index contributed by atoms with van der Waals surface area (Å²) in [6, 6.07) is 16.8. The van der Waals surface area contributed by atoms with Crippen molar-refractivity contribution in [2.24, 2.45) is 0 Å². The van der Waals surface area contributed by atoms with Gasteiger partial charge in [-0.15, -0.1) is 0 Å². The second-order valence-electron chi connectivity index (χ2n) is 9.68. The molecule has 1 aliphatic rings. The lowest BCUT2D eigenvalue weighted by Crippen LogP contribution is -2.49. The summed E-state index contributed by atoms with van der Waals surface area (Å²) in [5.74, 6) is 0.563. The molecule has 5 rings (SSSR count). The molecule has 0 bridgehead atoms. The number of aromatic nitrogens is 3. The second-order valence-corrected chi connectivity index (χ2v) is 11.7. The molecule has 0 aliphatic carbocycles. The van der Waals surface area contributed by atoms with Gasteiger partial charge in [-0.3, -0.25) is 9.78 Å². The van der Waals surface area contributed by atoms with Crippen molar-refractivity contribution < 1.29 is 13.2 Å². The molecule has 1 fully saturated rings. The number of carbonyl (C=O) groups excluding carboxylic acids is 1. The maximum Gasteiger partial charge on any atom is 0.251 e. The van der Waals surface area contributed by atoms with Gasteiger partial charge in [0.05, 0.1) is 34.0 Å². The Kier molecular flexibility index (Phi) is 7.09. The van der Waals surface area contributed by atoms with E-state index in [0.29, 0.717) is 17.3 Å². The molecule has 1 amide bonds. The van der Waals surface area contributed by atoms with Crippen LogP contribution in [0.2, 0.25) is 0 Å². The van der Waals surface area contributed by atoms with Crippen LogP contribution in [0.1, 0.15) is 28.5 Å². The zero-order valence-corrected chi connectivity index (χ0v) is 22.4. The number of sulfone groups is 1. The lowest BCUT2D eigenvalue weighted by molar-refractivity contribution is 0.0950. The highest BCUT2D eigenvalue weighted by molar-refractivity contribution is 7.90. The molecule has 0 saturated carbocycles. The molecule has 1 aliphatic heterocycles. The Morgan fingerprint density at radius 1 is 1.11 bits per heavy atom. The summed E-state index contributed by atoms with van der Waals surface area (Å²) in [5, 5.41) is 7.16. The minimum atomic E-state index is -3.43. The minimum absolute atomic E-state index is 0.148. The van der Waals surface area contributed by atoms with E-state index >= 15 is 0 Å². The summed E-state index contributed by atoms with van der Waals surface area (Å²) in [6.07, 6.45) is 2.86. The van der Waals surface area contributed by atoms with E-state index in [1.54, 1.807) is 25.3 Å². The summed E-state index contributed by atoms with van der Waals surface area (Å²) < 4.78 is 24.0. The van der Waals surface area contributed by atoms with Crippen LogP contribution in [0, 0.1) is 6.92 Å². The fourth-order valence-electron chi connectivity index (χ4n) is 4.59. The molecule has 38 heavy (non-hydrogen) atoms. The van der Waals surface area contributed by atoms with E-state index in [-0.39, 0.29) is 22.9 Å². The van der Waals surface area contributed by atoms with Crippen molar-refractivity contribution in [2.75, 3.05) is 30.8 Å². The predicted octanol–water partition coefficient (Wildman–Crippen LogP) is 3.13. The van der Waals surface area contributed by atoms with Crippen LogP contribution in [0.4, 0.5) is 5.82 Å². The van der Waals surface area contributed by atoms with E-state index in [9.17, 15) is 13.2 Å².